The Labute approximate surface area is 225 Å². The number of unbranched alkanes of at least 4 members (excludes halogenated alkanes) is 4. The van der Waals surface area contributed by atoms with Gasteiger partial charge in [-0.3, -0.25) is 14.1 Å². The lowest BCUT2D eigenvalue weighted by Gasteiger charge is -2.19. The van der Waals surface area contributed by atoms with E-state index in [4.69, 9.17) is 14.5 Å². The van der Waals surface area contributed by atoms with Crippen molar-refractivity contribution < 1.29 is 27.9 Å². The number of hydrogen-bond acceptors (Lipinski definition) is 5. The zero-order valence-corrected chi connectivity index (χ0v) is 22.7. The molecule has 1 amide bonds. The van der Waals surface area contributed by atoms with Crippen LogP contribution in [0.15, 0.2) is 34.7 Å². The molecule has 3 N–H and O–H groups in total. The van der Waals surface area contributed by atoms with Crippen LogP contribution in [0.5, 0.6) is 0 Å². The van der Waals surface area contributed by atoms with Crippen LogP contribution >= 0.6 is 0 Å². The van der Waals surface area contributed by atoms with Gasteiger partial charge in [0.05, 0.1) is 23.2 Å². The molecule has 9 nitrogen and oxygen atoms in total. The van der Waals surface area contributed by atoms with Crippen LogP contribution < -0.4 is 5.32 Å². The number of amides is 1. The molecule has 0 saturated heterocycles. The largest absolute Gasteiger partial charge is 0.481 e. The second-order valence-electron chi connectivity index (χ2n) is 9.91. The number of aliphatic carboxylic acids is 1. The number of carbonyl (C=O) groups excluding carboxylic acids is 1. The first-order chi connectivity index (χ1) is 18.3. The molecule has 2 heterocycles. The number of fused-ring (bicyclic) bond motifs is 1. The molecule has 4 rings (SSSR count). The molecule has 1 atom stereocenters. The summed E-state index contributed by atoms with van der Waals surface area (Å²) in [5, 5.41) is 12.1. The highest BCUT2D eigenvalue weighted by atomic mass is 32.2. The minimum absolute atomic E-state index is 0.172. The van der Waals surface area contributed by atoms with Crippen LogP contribution in [0, 0.1) is 6.92 Å². The summed E-state index contributed by atoms with van der Waals surface area (Å²) in [5.41, 5.74) is 4.33. The van der Waals surface area contributed by atoms with Crippen molar-refractivity contribution in [2.45, 2.75) is 70.8 Å². The maximum absolute atomic E-state index is 12.9. The first kappa shape index (κ1) is 27.9. The van der Waals surface area contributed by atoms with Crippen LogP contribution in [0.1, 0.15) is 84.5 Å². The number of furan rings is 1. The molecule has 0 radical (unpaired) electrons. The van der Waals surface area contributed by atoms with Crippen molar-refractivity contribution in [3.8, 4) is 11.3 Å². The van der Waals surface area contributed by atoms with Crippen molar-refractivity contribution >= 4 is 34.2 Å². The highest BCUT2D eigenvalue weighted by Crippen LogP contribution is 2.44. The van der Waals surface area contributed by atoms with E-state index in [9.17, 15) is 18.4 Å². The normalized spacial score (nSPS) is 14.2. The van der Waals surface area contributed by atoms with E-state index in [0.29, 0.717) is 47.0 Å². The number of carbonyl (C=O) groups is 2. The number of aromatic nitrogens is 1. The van der Waals surface area contributed by atoms with Gasteiger partial charge in [-0.25, -0.2) is 9.19 Å². The van der Waals surface area contributed by atoms with E-state index < -0.39 is 17.2 Å². The molecular weight excluding hydrogens is 506 g/mol. The van der Waals surface area contributed by atoms with Crippen LogP contribution in [-0.2, 0) is 22.6 Å². The first-order valence-corrected chi connectivity index (χ1v) is 14.2. The van der Waals surface area contributed by atoms with Gasteiger partial charge in [-0.2, -0.15) is 4.31 Å². The van der Waals surface area contributed by atoms with Gasteiger partial charge in [0.2, 0.25) is 17.0 Å². The number of rotatable bonds is 14. The van der Waals surface area contributed by atoms with Crippen LogP contribution in [0.4, 0.5) is 0 Å². The van der Waals surface area contributed by atoms with Gasteiger partial charge in [-0.15, -0.1) is 0 Å². The molecule has 2 aromatic heterocycles. The Morgan fingerprint density at radius 2 is 1.82 bits per heavy atom. The Balaban J connectivity index is 1.59. The summed E-state index contributed by atoms with van der Waals surface area (Å²) in [6, 6.07) is 9.74. The minimum atomic E-state index is -2.17. The van der Waals surface area contributed by atoms with Gasteiger partial charge in [-0.1, -0.05) is 49.1 Å². The Kier molecular flexibility index (Phi) is 9.30. The Bertz CT molecular complexity index is 1320. The molecule has 1 saturated carbocycles. The molecule has 38 heavy (non-hydrogen) atoms. The second kappa shape index (κ2) is 12.6. The Hall–Kier alpha value is -3.08. The van der Waals surface area contributed by atoms with Crippen molar-refractivity contribution in [3.05, 3.63) is 52.7 Å². The van der Waals surface area contributed by atoms with E-state index in [1.165, 1.54) is 4.31 Å². The van der Waals surface area contributed by atoms with Crippen molar-refractivity contribution in [1.29, 1.82) is 0 Å². The van der Waals surface area contributed by atoms with E-state index in [2.05, 4.69) is 5.32 Å². The van der Waals surface area contributed by atoms with Crippen molar-refractivity contribution in [2.75, 3.05) is 13.6 Å². The molecule has 1 unspecified atom stereocenters. The van der Waals surface area contributed by atoms with E-state index in [1.807, 2.05) is 37.3 Å². The number of carboxylic acids is 1. The maximum atomic E-state index is 12.9. The predicted octanol–water partition coefficient (Wildman–Crippen LogP) is 5.40. The van der Waals surface area contributed by atoms with Gasteiger partial charge in [0.1, 0.15) is 5.76 Å². The van der Waals surface area contributed by atoms with Gasteiger partial charge in [0, 0.05) is 25.6 Å². The summed E-state index contributed by atoms with van der Waals surface area (Å²) >= 11 is -2.17. The maximum Gasteiger partial charge on any atom is 0.303 e. The first-order valence-electron chi connectivity index (χ1n) is 13.1. The van der Waals surface area contributed by atoms with Gasteiger partial charge in [0.15, 0.2) is 0 Å². The lowest BCUT2D eigenvalue weighted by molar-refractivity contribution is -0.137. The van der Waals surface area contributed by atoms with Gasteiger partial charge >= 0.3 is 5.97 Å². The quantitative estimate of drug-likeness (QED) is 0.184. The van der Waals surface area contributed by atoms with Crippen molar-refractivity contribution in [3.63, 3.8) is 0 Å². The van der Waals surface area contributed by atoms with Crippen LogP contribution in [0.25, 0.3) is 22.4 Å². The average molecular weight is 542 g/mol. The second-order valence-corrected chi connectivity index (χ2v) is 10.9. The molecule has 3 aromatic rings. The van der Waals surface area contributed by atoms with E-state index in [-0.39, 0.29) is 18.9 Å². The zero-order valence-electron chi connectivity index (χ0n) is 21.9. The summed E-state index contributed by atoms with van der Waals surface area (Å²) < 4.78 is 29.8. The number of nitrogens with zero attached hydrogens (tertiary/aromatic N) is 2. The zero-order chi connectivity index (χ0) is 27.2. The summed E-state index contributed by atoms with van der Waals surface area (Å²) in [6.07, 6.45) is 6.12. The molecule has 1 aliphatic carbocycles. The lowest BCUT2D eigenvalue weighted by atomic mass is 10.0. The van der Waals surface area contributed by atoms with Gasteiger partial charge in [0.25, 0.3) is 5.91 Å². The van der Waals surface area contributed by atoms with Crippen LogP contribution in [0.3, 0.4) is 0 Å². The third-order valence-corrected chi connectivity index (χ3v) is 7.68. The van der Waals surface area contributed by atoms with E-state index in [1.54, 1.807) is 7.05 Å². The Morgan fingerprint density at radius 1 is 1.13 bits per heavy atom. The third kappa shape index (κ3) is 6.86. The molecule has 1 aliphatic rings. The lowest BCUT2D eigenvalue weighted by Crippen LogP contribution is -2.27. The standard InChI is InChI=1S/C28H35N3O6S/c1-18-9-11-20(12-10-18)26-25(27(34)29-2)22-16-21(19-13-14-19)23(30-28(22)37-26)17-31(38(35)36)15-7-5-3-4-6-8-24(32)33/h9-12,16,19H,3-8,13-15,17H2,1-2H3,(H,29,34)(H,32,33)(H,35,36). The van der Waals surface area contributed by atoms with Crippen LogP contribution in [0.2, 0.25) is 0 Å². The predicted molar refractivity (Wildman–Crippen MR) is 146 cm³/mol. The van der Waals surface area contributed by atoms with Gasteiger partial charge < -0.3 is 14.8 Å². The summed E-state index contributed by atoms with van der Waals surface area (Å²) in [7, 11) is 1.59. The summed E-state index contributed by atoms with van der Waals surface area (Å²) in [5.74, 6) is -0.276. The monoisotopic (exact) mass is 541 g/mol. The van der Waals surface area contributed by atoms with Gasteiger partial charge in [-0.05, 0) is 50.2 Å². The molecule has 0 bridgehead atoms. The third-order valence-electron chi connectivity index (χ3n) is 6.93. The fourth-order valence-electron chi connectivity index (χ4n) is 4.68. The van der Waals surface area contributed by atoms with E-state index >= 15 is 0 Å². The molecule has 10 heteroatoms. The molecule has 1 aromatic carbocycles. The molecular formula is C28H35N3O6S. The number of nitrogens with one attached hydrogen (secondary N) is 1. The smallest absolute Gasteiger partial charge is 0.303 e. The molecule has 0 spiro atoms. The Morgan fingerprint density at radius 3 is 2.45 bits per heavy atom. The fourth-order valence-corrected chi connectivity index (χ4v) is 5.20. The molecule has 1 fully saturated rings. The topological polar surface area (TPSA) is 133 Å². The van der Waals surface area contributed by atoms with Crippen molar-refractivity contribution in [2.24, 2.45) is 0 Å². The minimum Gasteiger partial charge on any atom is -0.481 e. The molecule has 0 aliphatic heterocycles. The highest BCUT2D eigenvalue weighted by Gasteiger charge is 2.31. The number of benzene rings is 1. The fraction of sp³-hybridized carbons (Fsp3) is 0.464. The SMILES string of the molecule is CNC(=O)c1c(-c2ccc(C)cc2)oc2nc(CN(CCCCCCCC(=O)O)S(=O)O)c(C3CC3)cc12. The number of pyridine rings is 1. The van der Waals surface area contributed by atoms with Crippen molar-refractivity contribution in [1.82, 2.24) is 14.6 Å². The van der Waals surface area contributed by atoms with Crippen LogP contribution in [-0.4, -0.2) is 48.6 Å². The average Bonchev–Trinajstić information content (AvgIpc) is 3.67. The molecule has 204 valence electrons. The summed E-state index contributed by atoms with van der Waals surface area (Å²) in [4.78, 5) is 28.4. The number of aryl methyl sites for hydroxylation is 1. The van der Waals surface area contributed by atoms with E-state index in [0.717, 1.165) is 55.2 Å². The number of hydrogen-bond donors (Lipinski definition) is 3. The summed E-state index contributed by atoms with van der Waals surface area (Å²) in [6.45, 7) is 2.61. The number of carboxylic acid groups (broad SMARTS) is 1. The highest BCUT2D eigenvalue weighted by molar-refractivity contribution is 7.76.